The maximum atomic E-state index is 6.03. The van der Waals surface area contributed by atoms with Crippen LogP contribution in [0.25, 0.3) is 0 Å². The molecule has 0 radical (unpaired) electrons. The Morgan fingerprint density at radius 3 is 2.30 bits per heavy atom. The molecule has 2 aromatic rings. The Hall–Kier alpha value is -1.71. The molecule has 0 aliphatic rings. The first-order valence-electron chi connectivity index (χ1n) is 8.02. The Balaban J connectivity index is 2.26. The molecule has 1 unspecified atom stereocenters. The van der Waals surface area contributed by atoms with Crippen LogP contribution in [-0.2, 0) is 6.42 Å². The van der Waals surface area contributed by atoms with Gasteiger partial charge in [0.05, 0.1) is 13.2 Å². The monoisotopic (exact) mass is 333 g/mol. The zero-order chi connectivity index (χ0) is 16.7. The van der Waals surface area contributed by atoms with E-state index in [0.29, 0.717) is 19.8 Å². The summed E-state index contributed by atoms with van der Waals surface area (Å²) in [6.45, 7) is 5.75. The second-order valence-electron chi connectivity index (χ2n) is 5.33. The van der Waals surface area contributed by atoms with E-state index >= 15 is 0 Å². The molecule has 2 aromatic carbocycles. The molecule has 0 fully saturated rings. The van der Waals surface area contributed by atoms with Gasteiger partial charge in [-0.2, -0.15) is 0 Å². The lowest BCUT2D eigenvalue weighted by molar-refractivity contribution is 0.319. The first-order valence-corrected chi connectivity index (χ1v) is 8.39. The van der Waals surface area contributed by atoms with E-state index in [1.165, 1.54) is 5.56 Å². The van der Waals surface area contributed by atoms with Crippen molar-refractivity contribution in [1.82, 2.24) is 0 Å². The molecule has 0 aliphatic carbocycles. The molecule has 124 valence electrons. The summed E-state index contributed by atoms with van der Waals surface area (Å²) in [5.41, 5.74) is 8.36. The van der Waals surface area contributed by atoms with Gasteiger partial charge in [0.25, 0.3) is 0 Å². The van der Waals surface area contributed by atoms with Crippen LogP contribution in [0, 0.1) is 0 Å². The average Bonchev–Trinajstić information content (AvgIpc) is 2.56. The molecule has 0 bridgehead atoms. The Labute approximate surface area is 143 Å². The molecule has 2 rings (SSSR count). The Morgan fingerprint density at radius 1 is 1.00 bits per heavy atom. The number of benzene rings is 2. The summed E-state index contributed by atoms with van der Waals surface area (Å²) in [5, 5.41) is 0.745. The number of nitrogens with two attached hydrogens (primary N) is 1. The molecule has 23 heavy (non-hydrogen) atoms. The highest BCUT2D eigenvalue weighted by molar-refractivity contribution is 6.30. The molecule has 1 atom stereocenters. The average molecular weight is 334 g/mol. The summed E-state index contributed by atoms with van der Waals surface area (Å²) in [6, 6.07) is 13.9. The van der Waals surface area contributed by atoms with Crippen LogP contribution in [0.1, 0.15) is 30.9 Å². The van der Waals surface area contributed by atoms with Gasteiger partial charge in [0, 0.05) is 17.0 Å². The number of hydrogen-bond donors (Lipinski definition) is 1. The van der Waals surface area contributed by atoms with E-state index in [2.05, 4.69) is 6.07 Å². The number of halogens is 1. The van der Waals surface area contributed by atoms with E-state index in [4.69, 9.17) is 26.8 Å². The molecular formula is C19H24ClNO2. The highest BCUT2D eigenvalue weighted by Crippen LogP contribution is 2.32. The second kappa shape index (κ2) is 8.80. The minimum atomic E-state index is 0.188. The van der Waals surface area contributed by atoms with Gasteiger partial charge >= 0.3 is 0 Å². The maximum absolute atomic E-state index is 6.03. The molecule has 4 heteroatoms. The van der Waals surface area contributed by atoms with E-state index in [-0.39, 0.29) is 5.92 Å². The van der Waals surface area contributed by atoms with Crippen molar-refractivity contribution < 1.29 is 9.47 Å². The molecule has 3 nitrogen and oxygen atoms in total. The maximum Gasteiger partial charge on any atom is 0.126 e. The fraction of sp³-hybridized carbons (Fsp3) is 0.368. The van der Waals surface area contributed by atoms with Gasteiger partial charge in [0.2, 0.25) is 0 Å². The molecule has 0 saturated heterocycles. The van der Waals surface area contributed by atoms with Crippen LogP contribution in [-0.4, -0.2) is 19.8 Å². The first-order chi connectivity index (χ1) is 11.2. The van der Waals surface area contributed by atoms with Crippen LogP contribution in [0.15, 0.2) is 42.5 Å². The van der Waals surface area contributed by atoms with Gasteiger partial charge in [0.15, 0.2) is 0 Å². The lowest BCUT2D eigenvalue weighted by atomic mass is 9.91. The summed E-state index contributed by atoms with van der Waals surface area (Å²) in [5.74, 6) is 1.86. The minimum absolute atomic E-state index is 0.188. The van der Waals surface area contributed by atoms with Crippen molar-refractivity contribution >= 4 is 11.6 Å². The van der Waals surface area contributed by atoms with Crippen LogP contribution >= 0.6 is 11.6 Å². The van der Waals surface area contributed by atoms with E-state index < -0.39 is 0 Å². The van der Waals surface area contributed by atoms with Gasteiger partial charge < -0.3 is 15.2 Å². The fourth-order valence-corrected chi connectivity index (χ4v) is 2.74. The molecule has 0 aromatic heterocycles. The number of hydrogen-bond acceptors (Lipinski definition) is 3. The van der Waals surface area contributed by atoms with Crippen LogP contribution in [0.4, 0.5) is 0 Å². The molecule has 2 N–H and O–H groups in total. The van der Waals surface area contributed by atoms with Crippen molar-refractivity contribution in [2.45, 2.75) is 26.2 Å². The predicted octanol–water partition coefficient (Wildman–Crippen LogP) is 4.42. The summed E-state index contributed by atoms with van der Waals surface area (Å²) < 4.78 is 11.4. The molecule has 0 amide bonds. The summed E-state index contributed by atoms with van der Waals surface area (Å²) in [7, 11) is 0. The van der Waals surface area contributed by atoms with Crippen LogP contribution in [0.2, 0.25) is 5.02 Å². The van der Waals surface area contributed by atoms with Gasteiger partial charge in [-0.15, -0.1) is 0 Å². The van der Waals surface area contributed by atoms with Crippen LogP contribution in [0.3, 0.4) is 0 Å². The van der Waals surface area contributed by atoms with Crippen molar-refractivity contribution in [3.05, 3.63) is 58.6 Å². The topological polar surface area (TPSA) is 44.5 Å². The van der Waals surface area contributed by atoms with Gasteiger partial charge in [-0.3, -0.25) is 0 Å². The molecule has 0 saturated carbocycles. The van der Waals surface area contributed by atoms with Gasteiger partial charge in [-0.25, -0.2) is 0 Å². The number of rotatable bonds is 8. The van der Waals surface area contributed by atoms with Crippen molar-refractivity contribution in [2.75, 3.05) is 19.8 Å². The van der Waals surface area contributed by atoms with E-state index in [1.54, 1.807) is 0 Å². The zero-order valence-electron chi connectivity index (χ0n) is 13.7. The van der Waals surface area contributed by atoms with E-state index in [0.717, 1.165) is 28.5 Å². The SMILES string of the molecule is CCOc1ccc(C(CN)Cc2ccc(Cl)cc2)c(OCC)c1. The Kier molecular flexibility index (Phi) is 6.75. The predicted molar refractivity (Wildman–Crippen MR) is 95.7 cm³/mol. The number of ether oxygens (including phenoxy) is 2. The quantitative estimate of drug-likeness (QED) is 0.777. The molecule has 0 heterocycles. The zero-order valence-corrected chi connectivity index (χ0v) is 14.5. The molecular weight excluding hydrogens is 310 g/mol. The standard InChI is InChI=1S/C19H24ClNO2/c1-3-22-17-9-10-18(19(12-17)23-4-2)15(13-21)11-14-5-7-16(20)8-6-14/h5-10,12,15H,3-4,11,13,21H2,1-2H3. The van der Waals surface area contributed by atoms with Gasteiger partial charge in [-0.1, -0.05) is 29.8 Å². The fourth-order valence-electron chi connectivity index (χ4n) is 2.61. The van der Waals surface area contributed by atoms with Gasteiger partial charge in [-0.05, 0) is 56.1 Å². The van der Waals surface area contributed by atoms with Crippen molar-refractivity contribution in [1.29, 1.82) is 0 Å². The third-order valence-corrected chi connectivity index (χ3v) is 3.97. The van der Waals surface area contributed by atoms with Crippen LogP contribution < -0.4 is 15.2 Å². The molecule has 0 spiro atoms. The lowest BCUT2D eigenvalue weighted by Crippen LogP contribution is -2.16. The Morgan fingerprint density at radius 2 is 1.70 bits per heavy atom. The second-order valence-corrected chi connectivity index (χ2v) is 5.77. The highest BCUT2D eigenvalue weighted by Gasteiger charge is 2.17. The smallest absolute Gasteiger partial charge is 0.126 e. The molecule has 0 aliphatic heterocycles. The Bertz CT molecular complexity index is 613. The van der Waals surface area contributed by atoms with Crippen LogP contribution in [0.5, 0.6) is 11.5 Å². The summed E-state index contributed by atoms with van der Waals surface area (Å²) in [4.78, 5) is 0. The van der Waals surface area contributed by atoms with E-state index in [9.17, 15) is 0 Å². The van der Waals surface area contributed by atoms with Crippen molar-refractivity contribution in [3.63, 3.8) is 0 Å². The first kappa shape index (κ1) is 17.6. The minimum Gasteiger partial charge on any atom is -0.494 e. The van der Waals surface area contributed by atoms with Crippen molar-refractivity contribution in [3.8, 4) is 11.5 Å². The highest BCUT2D eigenvalue weighted by atomic mass is 35.5. The summed E-state index contributed by atoms with van der Waals surface area (Å²) in [6.07, 6.45) is 0.849. The third kappa shape index (κ3) is 4.88. The van der Waals surface area contributed by atoms with Crippen molar-refractivity contribution in [2.24, 2.45) is 5.73 Å². The largest absolute Gasteiger partial charge is 0.494 e. The third-order valence-electron chi connectivity index (χ3n) is 3.72. The van der Waals surface area contributed by atoms with E-state index in [1.807, 2.05) is 50.2 Å². The lowest BCUT2D eigenvalue weighted by Gasteiger charge is -2.20. The summed E-state index contributed by atoms with van der Waals surface area (Å²) >= 11 is 5.95. The van der Waals surface area contributed by atoms with Gasteiger partial charge in [0.1, 0.15) is 11.5 Å². The normalized spacial score (nSPS) is 12.0.